The smallest absolute Gasteiger partial charge is 0.255 e. The molecule has 3 heterocycles. The van der Waals surface area contributed by atoms with E-state index in [2.05, 4.69) is 16.0 Å². The number of para-hydroxylation sites is 1. The Bertz CT molecular complexity index is 850. The summed E-state index contributed by atoms with van der Waals surface area (Å²) < 4.78 is 7.71. The monoisotopic (exact) mass is 334 g/mol. The summed E-state index contributed by atoms with van der Waals surface area (Å²) in [6.45, 7) is 0.538. The summed E-state index contributed by atoms with van der Waals surface area (Å²) in [4.78, 5) is 22.6. The van der Waals surface area contributed by atoms with Crippen molar-refractivity contribution >= 4 is 5.91 Å². The van der Waals surface area contributed by atoms with E-state index in [0.717, 1.165) is 18.0 Å². The van der Waals surface area contributed by atoms with Crippen molar-refractivity contribution in [2.75, 3.05) is 13.6 Å². The lowest BCUT2D eigenvalue weighted by Crippen LogP contribution is -2.36. The number of ether oxygens (including phenoxy) is 1. The lowest BCUT2D eigenvalue weighted by molar-refractivity contribution is 0.0730. The second kappa shape index (κ2) is 6.39. The molecular weight excluding hydrogens is 316 g/mol. The van der Waals surface area contributed by atoms with E-state index in [1.807, 2.05) is 30.5 Å². The van der Waals surface area contributed by atoms with Crippen LogP contribution in [0.4, 0.5) is 0 Å². The molecule has 1 amide bonds. The van der Waals surface area contributed by atoms with Gasteiger partial charge in [-0.15, -0.1) is 0 Å². The maximum absolute atomic E-state index is 12.6. The van der Waals surface area contributed by atoms with Crippen molar-refractivity contribution in [1.29, 1.82) is 0 Å². The first kappa shape index (κ1) is 15.4. The van der Waals surface area contributed by atoms with Crippen LogP contribution in [0.1, 0.15) is 15.9 Å². The molecule has 4 rings (SSSR count). The van der Waals surface area contributed by atoms with Crippen LogP contribution in [0.25, 0.3) is 5.82 Å². The van der Waals surface area contributed by atoms with Crippen LogP contribution in [-0.2, 0) is 6.42 Å². The van der Waals surface area contributed by atoms with Gasteiger partial charge in [-0.3, -0.25) is 9.36 Å². The predicted molar refractivity (Wildman–Crippen MR) is 92.9 cm³/mol. The number of rotatable bonds is 4. The second-order valence-electron chi connectivity index (χ2n) is 6.11. The average Bonchev–Trinajstić information content (AvgIpc) is 3.30. The van der Waals surface area contributed by atoms with Crippen molar-refractivity contribution < 1.29 is 9.53 Å². The lowest BCUT2D eigenvalue weighted by atomic mass is 10.1. The number of aromatic nitrogens is 3. The first-order valence-electron chi connectivity index (χ1n) is 8.15. The van der Waals surface area contributed by atoms with Crippen molar-refractivity contribution in [3.8, 4) is 11.6 Å². The zero-order valence-corrected chi connectivity index (χ0v) is 13.9. The Balaban J connectivity index is 1.41. The van der Waals surface area contributed by atoms with Gasteiger partial charge in [-0.1, -0.05) is 18.2 Å². The quantitative estimate of drug-likeness (QED) is 0.735. The molecule has 0 radical (unpaired) electrons. The number of carbonyl (C=O) groups excluding carboxylic acids is 1. The van der Waals surface area contributed by atoms with E-state index in [1.54, 1.807) is 41.3 Å². The van der Waals surface area contributed by atoms with Gasteiger partial charge < -0.3 is 9.64 Å². The summed E-state index contributed by atoms with van der Waals surface area (Å²) in [6, 6.07) is 11.6. The maximum Gasteiger partial charge on any atom is 0.255 e. The molecule has 1 aromatic carbocycles. The molecular formula is C19H18N4O2. The summed E-state index contributed by atoms with van der Waals surface area (Å²) >= 11 is 0. The topological polar surface area (TPSA) is 60.2 Å². The molecule has 2 aromatic heterocycles. The molecule has 0 spiro atoms. The summed E-state index contributed by atoms with van der Waals surface area (Å²) in [5.74, 6) is 1.58. The fraction of sp³-hybridized carbons (Fsp3) is 0.211. The van der Waals surface area contributed by atoms with Gasteiger partial charge in [-0.05, 0) is 23.8 Å². The van der Waals surface area contributed by atoms with E-state index in [0.29, 0.717) is 12.1 Å². The van der Waals surface area contributed by atoms with E-state index < -0.39 is 0 Å². The summed E-state index contributed by atoms with van der Waals surface area (Å²) in [7, 11) is 1.79. The standard InChI is InChI=1S/C19H18N4O2/c1-22(12-16-10-14-4-2-3-5-17(14)25-16)19(24)15-6-7-18(21-11-15)23-9-8-20-13-23/h2-9,11,13,16H,10,12H2,1H3/t16-/m1/s1. The van der Waals surface area contributed by atoms with Crippen LogP contribution in [-0.4, -0.2) is 45.0 Å². The third-order valence-electron chi connectivity index (χ3n) is 4.30. The zero-order chi connectivity index (χ0) is 17.2. The maximum atomic E-state index is 12.6. The molecule has 6 nitrogen and oxygen atoms in total. The first-order valence-corrected chi connectivity index (χ1v) is 8.15. The van der Waals surface area contributed by atoms with Crippen molar-refractivity contribution in [2.45, 2.75) is 12.5 Å². The number of benzene rings is 1. The average molecular weight is 334 g/mol. The molecule has 1 atom stereocenters. The molecule has 126 valence electrons. The molecule has 1 aliphatic rings. The first-order chi connectivity index (χ1) is 12.2. The molecule has 6 heteroatoms. The Morgan fingerprint density at radius 2 is 2.20 bits per heavy atom. The van der Waals surface area contributed by atoms with Crippen LogP contribution in [0.3, 0.4) is 0 Å². The highest BCUT2D eigenvalue weighted by Crippen LogP contribution is 2.28. The van der Waals surface area contributed by atoms with E-state index in [1.165, 1.54) is 5.56 Å². The summed E-state index contributed by atoms with van der Waals surface area (Å²) in [6.07, 6.45) is 7.58. The van der Waals surface area contributed by atoms with Crippen LogP contribution in [0, 0.1) is 0 Å². The summed E-state index contributed by atoms with van der Waals surface area (Å²) in [5, 5.41) is 0. The minimum absolute atomic E-state index is 0.00969. The van der Waals surface area contributed by atoms with Gasteiger partial charge in [0.05, 0.1) is 12.1 Å². The number of nitrogens with zero attached hydrogens (tertiary/aromatic N) is 4. The van der Waals surface area contributed by atoms with Gasteiger partial charge in [0.15, 0.2) is 0 Å². The number of carbonyl (C=O) groups is 1. The SMILES string of the molecule is CN(C[C@H]1Cc2ccccc2O1)C(=O)c1ccc(-n2ccnc2)nc1. The molecule has 0 aliphatic carbocycles. The van der Waals surface area contributed by atoms with Crippen LogP contribution < -0.4 is 4.74 Å². The number of pyridine rings is 1. The predicted octanol–water partition coefficient (Wildman–Crippen LogP) is 2.34. The van der Waals surface area contributed by atoms with Crippen molar-refractivity contribution in [3.63, 3.8) is 0 Å². The van der Waals surface area contributed by atoms with Crippen molar-refractivity contribution in [3.05, 3.63) is 72.4 Å². The van der Waals surface area contributed by atoms with Gasteiger partial charge in [0, 0.05) is 32.1 Å². The van der Waals surface area contributed by atoms with Crippen LogP contribution in [0.5, 0.6) is 5.75 Å². The van der Waals surface area contributed by atoms with Gasteiger partial charge >= 0.3 is 0 Å². The number of likely N-dealkylation sites (N-methyl/N-ethyl adjacent to an activating group) is 1. The fourth-order valence-corrected chi connectivity index (χ4v) is 3.02. The van der Waals surface area contributed by atoms with Crippen LogP contribution >= 0.6 is 0 Å². The van der Waals surface area contributed by atoms with E-state index in [4.69, 9.17) is 4.74 Å². The molecule has 25 heavy (non-hydrogen) atoms. The number of fused-ring (bicyclic) bond motifs is 1. The lowest BCUT2D eigenvalue weighted by Gasteiger charge is -2.21. The van der Waals surface area contributed by atoms with Gasteiger partial charge in [0.25, 0.3) is 5.91 Å². The molecule has 1 aliphatic heterocycles. The highest BCUT2D eigenvalue weighted by molar-refractivity contribution is 5.93. The second-order valence-corrected chi connectivity index (χ2v) is 6.11. The molecule has 0 N–H and O–H groups in total. The zero-order valence-electron chi connectivity index (χ0n) is 13.9. The van der Waals surface area contributed by atoms with E-state index in [-0.39, 0.29) is 12.0 Å². The Kier molecular flexibility index (Phi) is 3.93. The van der Waals surface area contributed by atoms with Gasteiger partial charge in [-0.25, -0.2) is 9.97 Å². The van der Waals surface area contributed by atoms with E-state index >= 15 is 0 Å². The highest BCUT2D eigenvalue weighted by atomic mass is 16.5. The molecule has 3 aromatic rings. The van der Waals surface area contributed by atoms with Crippen molar-refractivity contribution in [2.24, 2.45) is 0 Å². The third kappa shape index (κ3) is 3.10. The minimum atomic E-state index is -0.0655. The molecule has 0 fully saturated rings. The molecule has 0 saturated carbocycles. The van der Waals surface area contributed by atoms with E-state index in [9.17, 15) is 4.79 Å². The minimum Gasteiger partial charge on any atom is -0.488 e. The normalized spacial score (nSPS) is 15.5. The Morgan fingerprint density at radius 3 is 2.92 bits per heavy atom. The summed E-state index contributed by atoms with van der Waals surface area (Å²) in [5.41, 5.74) is 1.75. The van der Waals surface area contributed by atoms with Gasteiger partial charge in [0.2, 0.25) is 0 Å². The van der Waals surface area contributed by atoms with Crippen LogP contribution in [0.2, 0.25) is 0 Å². The largest absolute Gasteiger partial charge is 0.488 e. The third-order valence-corrected chi connectivity index (χ3v) is 4.30. The number of hydrogen-bond acceptors (Lipinski definition) is 4. The molecule has 0 unspecified atom stereocenters. The highest BCUT2D eigenvalue weighted by Gasteiger charge is 2.25. The number of imidazole rings is 1. The Labute approximate surface area is 145 Å². The Hall–Kier alpha value is -3.15. The van der Waals surface area contributed by atoms with Gasteiger partial charge in [-0.2, -0.15) is 0 Å². The van der Waals surface area contributed by atoms with Crippen molar-refractivity contribution in [1.82, 2.24) is 19.4 Å². The fourth-order valence-electron chi connectivity index (χ4n) is 3.02. The molecule has 0 bridgehead atoms. The van der Waals surface area contributed by atoms with Gasteiger partial charge in [0.1, 0.15) is 24.0 Å². The van der Waals surface area contributed by atoms with Crippen LogP contribution in [0.15, 0.2) is 61.3 Å². The Morgan fingerprint density at radius 1 is 1.32 bits per heavy atom. The number of hydrogen-bond donors (Lipinski definition) is 0. The number of amides is 1. The molecule has 0 saturated heterocycles.